The van der Waals surface area contributed by atoms with E-state index in [2.05, 4.69) is 4.98 Å². The van der Waals surface area contributed by atoms with E-state index in [0.717, 1.165) is 47.9 Å². The number of methoxy groups -OCH3 is 1. The maximum Gasteiger partial charge on any atom is 0.227 e. The Kier molecular flexibility index (Phi) is 5.09. The predicted molar refractivity (Wildman–Crippen MR) is 94.2 cm³/mol. The Hall–Kier alpha value is -2.01. The van der Waals surface area contributed by atoms with Crippen LogP contribution in [0.5, 0.6) is 5.75 Å². The Morgan fingerprint density at radius 1 is 1.33 bits per heavy atom. The van der Waals surface area contributed by atoms with E-state index in [0.29, 0.717) is 12.3 Å². The highest BCUT2D eigenvalue weighted by Gasteiger charge is 2.26. The number of rotatable bonds is 5. The van der Waals surface area contributed by atoms with Crippen LogP contribution in [0.2, 0.25) is 0 Å². The van der Waals surface area contributed by atoms with Crippen LogP contribution in [0.25, 0.3) is 10.9 Å². The first-order valence-electron chi connectivity index (χ1n) is 8.63. The van der Waals surface area contributed by atoms with Crippen LogP contribution in [0, 0.1) is 5.92 Å². The molecule has 0 atom stereocenters. The molecule has 130 valence electrons. The first kappa shape index (κ1) is 16.8. The summed E-state index contributed by atoms with van der Waals surface area (Å²) in [6, 6.07) is 6.14. The summed E-state index contributed by atoms with van der Waals surface area (Å²) in [6.07, 6.45) is 6.23. The molecule has 0 aliphatic heterocycles. The number of fused-ring (bicyclic) bond motifs is 1. The summed E-state index contributed by atoms with van der Waals surface area (Å²) >= 11 is 0. The predicted octanol–water partition coefficient (Wildman–Crippen LogP) is 2.73. The third-order valence-electron chi connectivity index (χ3n) is 5.33. The van der Waals surface area contributed by atoms with Gasteiger partial charge in [-0.05, 0) is 49.3 Å². The number of carbonyl (C=O) groups excluding carboxylic acids is 1. The van der Waals surface area contributed by atoms with Crippen LogP contribution in [0.4, 0.5) is 0 Å². The van der Waals surface area contributed by atoms with Gasteiger partial charge in [-0.25, -0.2) is 0 Å². The third-order valence-corrected chi connectivity index (χ3v) is 5.33. The average molecular weight is 330 g/mol. The third kappa shape index (κ3) is 3.26. The van der Waals surface area contributed by atoms with Crippen molar-refractivity contribution < 1.29 is 14.6 Å². The Morgan fingerprint density at radius 2 is 2.08 bits per heavy atom. The second kappa shape index (κ2) is 7.26. The molecule has 1 amide bonds. The lowest BCUT2D eigenvalue weighted by atomic mass is 9.86. The fourth-order valence-electron chi connectivity index (χ4n) is 3.74. The molecule has 0 bridgehead atoms. The number of aliphatic hydroxyl groups is 1. The summed E-state index contributed by atoms with van der Waals surface area (Å²) in [6.45, 7) is 0.263. The van der Waals surface area contributed by atoms with Crippen molar-refractivity contribution in [1.29, 1.82) is 0 Å². The molecule has 5 heteroatoms. The van der Waals surface area contributed by atoms with Crippen LogP contribution in [0.15, 0.2) is 24.4 Å². The van der Waals surface area contributed by atoms with Gasteiger partial charge in [0.25, 0.3) is 0 Å². The number of aromatic nitrogens is 1. The molecule has 24 heavy (non-hydrogen) atoms. The molecule has 3 rings (SSSR count). The van der Waals surface area contributed by atoms with Crippen molar-refractivity contribution in [3.8, 4) is 5.75 Å². The zero-order valence-corrected chi connectivity index (χ0v) is 14.4. The molecule has 5 nitrogen and oxygen atoms in total. The van der Waals surface area contributed by atoms with E-state index in [1.54, 1.807) is 7.11 Å². The highest BCUT2D eigenvalue weighted by Crippen LogP contribution is 2.30. The van der Waals surface area contributed by atoms with Crippen LogP contribution in [-0.4, -0.2) is 47.7 Å². The lowest BCUT2D eigenvalue weighted by molar-refractivity contribution is -0.132. The number of nitrogens with zero attached hydrogens (tertiary/aromatic N) is 1. The fourth-order valence-corrected chi connectivity index (χ4v) is 3.74. The molecule has 1 aromatic carbocycles. The summed E-state index contributed by atoms with van der Waals surface area (Å²) in [4.78, 5) is 17.8. The SMILES string of the molecule is COc1cccc2[nH]cc(CC(=O)N(C)C3CCC(CO)CC3)c12. The zero-order valence-electron chi connectivity index (χ0n) is 14.4. The average Bonchev–Trinajstić information content (AvgIpc) is 3.04. The molecule has 1 heterocycles. The minimum absolute atomic E-state index is 0.134. The van der Waals surface area contributed by atoms with Gasteiger partial charge in [0.1, 0.15) is 5.75 Å². The van der Waals surface area contributed by atoms with E-state index in [4.69, 9.17) is 4.74 Å². The van der Waals surface area contributed by atoms with E-state index in [9.17, 15) is 9.90 Å². The molecule has 2 aromatic rings. The topological polar surface area (TPSA) is 65.6 Å². The van der Waals surface area contributed by atoms with Crippen molar-refractivity contribution >= 4 is 16.8 Å². The van der Waals surface area contributed by atoms with Gasteiger partial charge in [0.2, 0.25) is 5.91 Å². The van der Waals surface area contributed by atoms with Crippen LogP contribution in [-0.2, 0) is 11.2 Å². The number of likely N-dealkylation sites (N-methyl/N-ethyl adjacent to an activating group) is 1. The molecule has 1 aliphatic carbocycles. The minimum Gasteiger partial charge on any atom is -0.496 e. The Bertz CT molecular complexity index is 702. The van der Waals surface area contributed by atoms with Crippen molar-refractivity contribution in [2.24, 2.45) is 5.92 Å². The van der Waals surface area contributed by atoms with Crippen LogP contribution in [0.1, 0.15) is 31.2 Å². The van der Waals surface area contributed by atoms with Gasteiger partial charge in [0.15, 0.2) is 0 Å². The Labute approximate surface area is 142 Å². The first-order chi connectivity index (χ1) is 11.6. The van der Waals surface area contributed by atoms with Gasteiger partial charge in [-0.2, -0.15) is 0 Å². The number of amides is 1. The molecule has 0 spiro atoms. The molecular formula is C19H26N2O3. The molecule has 1 aromatic heterocycles. The van der Waals surface area contributed by atoms with Gasteiger partial charge in [0.05, 0.1) is 13.5 Å². The van der Waals surface area contributed by atoms with Crippen LogP contribution >= 0.6 is 0 Å². The molecule has 2 N–H and O–H groups in total. The monoisotopic (exact) mass is 330 g/mol. The minimum atomic E-state index is 0.134. The van der Waals surface area contributed by atoms with Gasteiger partial charge in [-0.1, -0.05) is 6.07 Å². The van der Waals surface area contributed by atoms with Gasteiger partial charge in [-0.3, -0.25) is 4.79 Å². The van der Waals surface area contributed by atoms with Crippen molar-refractivity contribution in [2.75, 3.05) is 20.8 Å². The largest absolute Gasteiger partial charge is 0.496 e. The highest BCUT2D eigenvalue weighted by molar-refractivity contribution is 5.93. The van der Waals surface area contributed by atoms with Crippen molar-refractivity contribution in [1.82, 2.24) is 9.88 Å². The standard InChI is InChI=1S/C19H26N2O3/c1-21(15-8-6-13(12-22)7-9-15)18(23)10-14-11-20-16-4-3-5-17(24-2)19(14)16/h3-5,11,13,15,20,22H,6-10,12H2,1-2H3. The van der Waals surface area contributed by atoms with E-state index in [1.807, 2.05) is 36.3 Å². The summed E-state index contributed by atoms with van der Waals surface area (Å²) < 4.78 is 5.44. The van der Waals surface area contributed by atoms with Crippen LogP contribution in [0.3, 0.4) is 0 Å². The molecule has 0 unspecified atom stereocenters. The highest BCUT2D eigenvalue weighted by atomic mass is 16.5. The Balaban J connectivity index is 1.71. The lowest BCUT2D eigenvalue weighted by Crippen LogP contribution is -2.40. The molecule has 1 saturated carbocycles. The summed E-state index contributed by atoms with van der Waals surface area (Å²) in [7, 11) is 3.55. The van der Waals surface area contributed by atoms with Crippen molar-refractivity contribution in [3.63, 3.8) is 0 Å². The number of aliphatic hydroxyl groups excluding tert-OH is 1. The maximum absolute atomic E-state index is 12.7. The maximum atomic E-state index is 12.7. The zero-order chi connectivity index (χ0) is 17.1. The normalized spacial score (nSPS) is 21.0. The second-order valence-electron chi connectivity index (χ2n) is 6.74. The number of aromatic amines is 1. The van der Waals surface area contributed by atoms with Crippen molar-refractivity contribution in [2.45, 2.75) is 38.1 Å². The lowest BCUT2D eigenvalue weighted by Gasteiger charge is -2.34. The number of nitrogens with one attached hydrogen (secondary N) is 1. The summed E-state index contributed by atoms with van der Waals surface area (Å²) in [5.74, 6) is 1.33. The van der Waals surface area contributed by atoms with Crippen LogP contribution < -0.4 is 4.74 Å². The first-order valence-corrected chi connectivity index (χ1v) is 8.63. The van der Waals surface area contributed by atoms with Crippen molar-refractivity contribution in [3.05, 3.63) is 30.0 Å². The number of H-pyrrole nitrogens is 1. The quantitative estimate of drug-likeness (QED) is 0.886. The van der Waals surface area contributed by atoms with Gasteiger partial charge in [0, 0.05) is 36.8 Å². The molecule has 1 aliphatic rings. The number of ether oxygens (including phenoxy) is 1. The molecule has 1 fully saturated rings. The smallest absolute Gasteiger partial charge is 0.227 e. The number of benzene rings is 1. The summed E-state index contributed by atoms with van der Waals surface area (Å²) in [5.41, 5.74) is 1.96. The molecule has 0 radical (unpaired) electrons. The van der Waals surface area contributed by atoms with E-state index in [1.165, 1.54) is 0 Å². The second-order valence-corrected chi connectivity index (χ2v) is 6.74. The van der Waals surface area contributed by atoms with E-state index >= 15 is 0 Å². The van der Waals surface area contributed by atoms with Gasteiger partial charge < -0.3 is 19.7 Å². The van der Waals surface area contributed by atoms with Gasteiger partial charge >= 0.3 is 0 Å². The number of carbonyl (C=O) groups is 1. The number of hydrogen-bond donors (Lipinski definition) is 2. The van der Waals surface area contributed by atoms with Gasteiger partial charge in [-0.15, -0.1) is 0 Å². The molecule has 0 saturated heterocycles. The fraction of sp³-hybridized carbons (Fsp3) is 0.526. The Morgan fingerprint density at radius 3 is 2.75 bits per heavy atom. The van der Waals surface area contributed by atoms with E-state index in [-0.39, 0.29) is 18.6 Å². The molecular weight excluding hydrogens is 304 g/mol. The number of hydrogen-bond acceptors (Lipinski definition) is 3. The summed E-state index contributed by atoms with van der Waals surface area (Å²) in [5, 5.41) is 10.2. The van der Waals surface area contributed by atoms with E-state index < -0.39 is 0 Å².